The Morgan fingerprint density at radius 1 is 0.438 bits per heavy atom. The summed E-state index contributed by atoms with van der Waals surface area (Å²) in [5.41, 5.74) is 6.80. The maximum atomic E-state index is 12.9. The molecule has 0 aliphatic carbocycles. The molecule has 0 spiro atoms. The predicted octanol–water partition coefficient (Wildman–Crippen LogP) is 6.65. The van der Waals surface area contributed by atoms with E-state index in [-0.39, 0.29) is 34.8 Å². The van der Waals surface area contributed by atoms with E-state index >= 15 is 0 Å². The fourth-order valence-electron chi connectivity index (χ4n) is 5.28. The molecule has 0 amide bonds. The van der Waals surface area contributed by atoms with E-state index in [1.165, 1.54) is 0 Å². The van der Waals surface area contributed by atoms with Crippen molar-refractivity contribution >= 4 is 53.8 Å². The van der Waals surface area contributed by atoms with Crippen LogP contribution < -0.4 is 0 Å². The largest absolute Gasteiger partial charge is 0.402 e. The maximum absolute atomic E-state index is 12.9. The Balaban J connectivity index is 1.32. The molecular weight excluding hydrogens is 606 g/mol. The average molecular weight is 634 g/mol. The van der Waals surface area contributed by atoms with Crippen LogP contribution in [0.3, 0.4) is 0 Å². The zero-order valence-corrected chi connectivity index (χ0v) is 26.2. The molecule has 234 valence electrons. The first kappa shape index (κ1) is 30.2. The van der Waals surface area contributed by atoms with Gasteiger partial charge in [0.2, 0.25) is 17.7 Å². The maximum Gasteiger partial charge on any atom is 0.363 e. The molecule has 4 aromatic carbocycles. The molecule has 3 heterocycles. The fourth-order valence-corrected chi connectivity index (χ4v) is 5.28. The van der Waals surface area contributed by atoms with Crippen molar-refractivity contribution in [2.24, 2.45) is 15.0 Å². The number of ether oxygens (including phenoxy) is 3. The van der Waals surface area contributed by atoms with Gasteiger partial charge in [-0.2, -0.15) is 0 Å². The minimum Gasteiger partial charge on any atom is -0.402 e. The van der Waals surface area contributed by atoms with Gasteiger partial charge < -0.3 is 14.2 Å². The van der Waals surface area contributed by atoms with Gasteiger partial charge in [0.15, 0.2) is 17.1 Å². The Morgan fingerprint density at radius 3 is 0.979 bits per heavy atom. The lowest BCUT2D eigenvalue weighted by Crippen LogP contribution is -2.13. The van der Waals surface area contributed by atoms with Crippen LogP contribution >= 0.6 is 0 Å². The van der Waals surface area contributed by atoms with Crippen molar-refractivity contribution in [3.63, 3.8) is 0 Å². The molecule has 3 aliphatic heterocycles. The van der Waals surface area contributed by atoms with E-state index in [1.54, 1.807) is 36.4 Å². The van der Waals surface area contributed by atoms with Crippen molar-refractivity contribution in [1.29, 1.82) is 0 Å². The van der Waals surface area contributed by atoms with Crippen LogP contribution in [0, 0.1) is 20.8 Å². The number of nitrogens with zero attached hydrogens (tertiary/aromatic N) is 3. The topological polar surface area (TPSA) is 116 Å². The van der Waals surface area contributed by atoms with Gasteiger partial charge in [0, 0.05) is 16.7 Å². The van der Waals surface area contributed by atoms with Crippen LogP contribution in [0.5, 0.6) is 0 Å². The first-order valence-electron chi connectivity index (χ1n) is 15.1. The third-order valence-electron chi connectivity index (χ3n) is 7.98. The van der Waals surface area contributed by atoms with Crippen molar-refractivity contribution in [2.75, 3.05) is 0 Å². The molecule has 0 bridgehead atoms. The molecule has 0 N–H and O–H groups in total. The third-order valence-corrected chi connectivity index (χ3v) is 7.98. The molecular formula is C39H27N3O6. The predicted molar refractivity (Wildman–Crippen MR) is 182 cm³/mol. The summed E-state index contributed by atoms with van der Waals surface area (Å²) in [5.74, 6) is -1.82. The molecule has 0 saturated heterocycles. The van der Waals surface area contributed by atoms with Gasteiger partial charge in [-0.05, 0) is 90.6 Å². The number of hydrogen-bond donors (Lipinski definition) is 0. The van der Waals surface area contributed by atoms with Crippen molar-refractivity contribution in [3.05, 3.63) is 158 Å². The molecule has 0 aromatic heterocycles. The summed E-state index contributed by atoms with van der Waals surface area (Å²) in [6.45, 7) is 5.80. The molecule has 9 nitrogen and oxygen atoms in total. The van der Waals surface area contributed by atoms with Crippen molar-refractivity contribution in [3.8, 4) is 0 Å². The Morgan fingerprint density at radius 2 is 0.708 bits per heavy atom. The van der Waals surface area contributed by atoms with Crippen LogP contribution in [-0.2, 0) is 28.6 Å². The zero-order valence-electron chi connectivity index (χ0n) is 26.2. The molecule has 9 heteroatoms. The normalized spacial score (nSPS) is 18.2. The highest BCUT2D eigenvalue weighted by Gasteiger charge is 2.31. The van der Waals surface area contributed by atoms with E-state index < -0.39 is 17.9 Å². The Bertz CT molecular complexity index is 1990. The third kappa shape index (κ3) is 6.04. The second-order valence-corrected chi connectivity index (χ2v) is 11.4. The SMILES string of the molecule is Cc1ccccc1/C=C1\N=C(c2cc(C3=N/C(=C/c4ccccc4C)C(=O)O3)cc(C3=N/C(=C/c4ccccc4C)C(=O)O3)c2)OC1=O. The summed E-state index contributed by atoms with van der Waals surface area (Å²) >= 11 is 0. The van der Waals surface area contributed by atoms with E-state index in [4.69, 9.17) is 14.2 Å². The number of carbonyl (C=O) groups is 3. The Hall–Kier alpha value is -6.48. The molecule has 3 aliphatic rings. The number of carbonyl (C=O) groups excluding carboxylic acids is 3. The molecule has 0 fully saturated rings. The van der Waals surface area contributed by atoms with E-state index in [2.05, 4.69) is 15.0 Å². The van der Waals surface area contributed by atoms with Crippen molar-refractivity contribution in [1.82, 2.24) is 0 Å². The number of rotatable bonds is 6. The van der Waals surface area contributed by atoms with Crippen LogP contribution in [0.1, 0.15) is 50.1 Å². The molecule has 4 aromatic rings. The van der Waals surface area contributed by atoms with Gasteiger partial charge in [0.1, 0.15) is 0 Å². The number of benzene rings is 4. The van der Waals surface area contributed by atoms with Gasteiger partial charge in [-0.25, -0.2) is 29.4 Å². The van der Waals surface area contributed by atoms with E-state index in [9.17, 15) is 14.4 Å². The van der Waals surface area contributed by atoms with Crippen LogP contribution in [0.15, 0.2) is 123 Å². The van der Waals surface area contributed by atoms with Crippen molar-refractivity contribution < 1.29 is 28.6 Å². The second kappa shape index (κ2) is 12.4. The summed E-state index contributed by atoms with van der Waals surface area (Å²) in [6, 6.07) is 27.7. The second-order valence-electron chi connectivity index (χ2n) is 11.4. The molecule has 7 rings (SSSR count). The summed E-state index contributed by atoms with van der Waals surface area (Å²) in [5, 5.41) is 0. The molecule has 48 heavy (non-hydrogen) atoms. The van der Waals surface area contributed by atoms with Crippen LogP contribution in [0.4, 0.5) is 0 Å². The highest BCUT2D eigenvalue weighted by atomic mass is 16.6. The Labute approximate surface area is 276 Å². The van der Waals surface area contributed by atoms with Crippen LogP contribution in [0.2, 0.25) is 0 Å². The van der Waals surface area contributed by atoms with Crippen LogP contribution in [-0.4, -0.2) is 35.6 Å². The van der Waals surface area contributed by atoms with Crippen molar-refractivity contribution in [2.45, 2.75) is 20.8 Å². The number of hydrogen-bond acceptors (Lipinski definition) is 9. The number of aryl methyl sites for hydroxylation is 3. The Kier molecular flexibility index (Phi) is 7.78. The van der Waals surface area contributed by atoms with Gasteiger partial charge in [0.25, 0.3) is 0 Å². The van der Waals surface area contributed by atoms with E-state index in [1.807, 2.05) is 93.6 Å². The van der Waals surface area contributed by atoms with Crippen LogP contribution in [0.25, 0.3) is 18.2 Å². The summed E-state index contributed by atoms with van der Waals surface area (Å²) in [6.07, 6.45) is 4.98. The lowest BCUT2D eigenvalue weighted by molar-refractivity contribution is -0.130. The van der Waals surface area contributed by atoms with Gasteiger partial charge >= 0.3 is 17.9 Å². The van der Waals surface area contributed by atoms with Gasteiger partial charge in [-0.3, -0.25) is 0 Å². The zero-order chi connectivity index (χ0) is 33.4. The lowest BCUT2D eigenvalue weighted by atomic mass is 10.0. The first-order chi connectivity index (χ1) is 23.2. The van der Waals surface area contributed by atoms with Gasteiger partial charge in [0.05, 0.1) is 0 Å². The minimum absolute atomic E-state index is 0.0177. The average Bonchev–Trinajstić information content (AvgIpc) is 3.76. The highest BCUT2D eigenvalue weighted by molar-refractivity contribution is 6.18. The minimum atomic E-state index is -0.624. The smallest absolute Gasteiger partial charge is 0.363 e. The quantitative estimate of drug-likeness (QED) is 0.133. The monoisotopic (exact) mass is 633 g/mol. The molecule has 0 saturated carbocycles. The van der Waals surface area contributed by atoms with E-state index in [0.717, 1.165) is 33.4 Å². The van der Waals surface area contributed by atoms with E-state index in [0.29, 0.717) is 16.7 Å². The standard InChI is InChI=1S/C39H27N3O6/c1-22-10-4-7-13-25(22)19-31-37(43)46-34(40-31)28-16-29(35-41-32(38(44)47-35)20-26-14-8-5-11-23(26)2)18-30(17-28)36-42-33(39(45)48-36)21-27-15-9-6-12-24(27)3/h4-21H,1-3H3/b31-19-,32-20+,33-21+. The first-order valence-corrected chi connectivity index (χ1v) is 15.1. The number of esters is 3. The molecule has 0 radical (unpaired) electrons. The van der Waals surface area contributed by atoms with Gasteiger partial charge in [-0.1, -0.05) is 72.8 Å². The number of aliphatic imine (C=N–C) groups is 3. The molecule has 0 unspecified atom stereocenters. The molecule has 0 atom stereocenters. The summed E-state index contributed by atoms with van der Waals surface area (Å²) in [7, 11) is 0. The summed E-state index contributed by atoms with van der Waals surface area (Å²) in [4.78, 5) is 52.2. The lowest BCUT2D eigenvalue weighted by Gasteiger charge is -2.08. The number of cyclic esters (lactones) is 3. The fraction of sp³-hybridized carbons (Fsp3) is 0.0769. The highest BCUT2D eigenvalue weighted by Crippen LogP contribution is 2.28. The summed E-state index contributed by atoms with van der Waals surface area (Å²) < 4.78 is 16.8. The van der Waals surface area contributed by atoms with Gasteiger partial charge in [-0.15, -0.1) is 0 Å².